The van der Waals surface area contributed by atoms with E-state index in [1.807, 2.05) is 29.1 Å². The molecule has 0 saturated carbocycles. The molecule has 0 spiro atoms. The van der Waals surface area contributed by atoms with Crippen molar-refractivity contribution in [3.8, 4) is 0 Å². The van der Waals surface area contributed by atoms with E-state index in [0.717, 1.165) is 31.5 Å². The van der Waals surface area contributed by atoms with Crippen molar-refractivity contribution in [3.05, 3.63) is 47.8 Å². The highest BCUT2D eigenvalue weighted by molar-refractivity contribution is 5.76. The van der Waals surface area contributed by atoms with Crippen molar-refractivity contribution < 1.29 is 9.53 Å². The fourth-order valence-corrected chi connectivity index (χ4v) is 2.73. The van der Waals surface area contributed by atoms with Crippen molar-refractivity contribution in [1.82, 2.24) is 20.3 Å². The van der Waals surface area contributed by atoms with Crippen LogP contribution in [0.4, 0.5) is 0 Å². The Morgan fingerprint density at radius 3 is 3.00 bits per heavy atom. The van der Waals surface area contributed by atoms with E-state index < -0.39 is 0 Å². The number of benzene rings is 1. The lowest BCUT2D eigenvalue weighted by atomic mass is 10.1. The number of aromatic nitrogens is 3. The van der Waals surface area contributed by atoms with Crippen molar-refractivity contribution in [1.29, 1.82) is 0 Å². The maximum atomic E-state index is 12.1. The molecule has 1 aliphatic rings. The zero-order valence-corrected chi connectivity index (χ0v) is 13.1. The number of hydrogen-bond acceptors (Lipinski definition) is 4. The molecule has 1 amide bonds. The number of hydrogen-bond donors (Lipinski definition) is 1. The molecule has 1 atom stereocenters. The molecule has 1 aromatic heterocycles. The van der Waals surface area contributed by atoms with Crippen LogP contribution in [-0.2, 0) is 29.1 Å². The highest BCUT2D eigenvalue weighted by Gasteiger charge is 2.15. The van der Waals surface area contributed by atoms with Gasteiger partial charge in [-0.2, -0.15) is 0 Å². The van der Waals surface area contributed by atoms with Gasteiger partial charge in [0.25, 0.3) is 0 Å². The number of rotatable bonds is 2. The molecule has 3 rings (SSSR count). The summed E-state index contributed by atoms with van der Waals surface area (Å²) in [5.41, 5.74) is 2.02. The third-order valence-electron chi connectivity index (χ3n) is 3.89. The van der Waals surface area contributed by atoms with Gasteiger partial charge in [0.05, 0.1) is 25.5 Å². The van der Waals surface area contributed by atoms with Gasteiger partial charge in [0.2, 0.25) is 5.91 Å². The minimum atomic E-state index is -0.0271. The van der Waals surface area contributed by atoms with Crippen molar-refractivity contribution in [2.45, 2.75) is 44.9 Å². The monoisotopic (exact) mass is 314 g/mol. The quantitative estimate of drug-likeness (QED) is 0.916. The van der Waals surface area contributed by atoms with Gasteiger partial charge in [-0.25, -0.2) is 0 Å². The number of carbonyl (C=O) groups excluding carboxylic acids is 1. The Balaban J connectivity index is 1.65. The second-order valence-corrected chi connectivity index (χ2v) is 5.90. The number of aryl methyl sites for hydroxylation is 1. The van der Waals surface area contributed by atoms with Crippen LogP contribution < -0.4 is 5.32 Å². The van der Waals surface area contributed by atoms with Crippen LogP contribution in [0.3, 0.4) is 0 Å². The summed E-state index contributed by atoms with van der Waals surface area (Å²) >= 11 is 0. The molecule has 6 nitrogen and oxygen atoms in total. The van der Waals surface area contributed by atoms with Gasteiger partial charge in [0.1, 0.15) is 5.69 Å². The first kappa shape index (κ1) is 15.7. The molecule has 2 heterocycles. The third-order valence-corrected chi connectivity index (χ3v) is 3.89. The summed E-state index contributed by atoms with van der Waals surface area (Å²) in [6, 6.07) is 10.1. The Kier molecular flexibility index (Phi) is 5.37. The van der Waals surface area contributed by atoms with E-state index >= 15 is 0 Å². The van der Waals surface area contributed by atoms with Crippen molar-refractivity contribution in [2.24, 2.45) is 0 Å². The zero-order chi connectivity index (χ0) is 15.9. The van der Waals surface area contributed by atoms with Gasteiger partial charge >= 0.3 is 0 Å². The average molecular weight is 314 g/mol. The third kappa shape index (κ3) is 4.89. The van der Waals surface area contributed by atoms with Crippen molar-refractivity contribution in [3.63, 3.8) is 0 Å². The number of fused-ring (bicyclic) bond motifs is 2. The molecule has 2 aromatic rings. The van der Waals surface area contributed by atoms with Gasteiger partial charge in [-0.05, 0) is 24.8 Å². The van der Waals surface area contributed by atoms with E-state index in [-0.39, 0.29) is 11.9 Å². The van der Waals surface area contributed by atoms with Gasteiger partial charge in [-0.15, -0.1) is 5.10 Å². The maximum absolute atomic E-state index is 12.1. The summed E-state index contributed by atoms with van der Waals surface area (Å²) < 4.78 is 7.56. The molecule has 1 N–H and O–H groups in total. The molecule has 0 fully saturated rings. The molecule has 0 unspecified atom stereocenters. The number of ether oxygens (including phenoxy) is 1. The smallest absolute Gasteiger partial charge is 0.220 e. The molecule has 2 bridgehead atoms. The van der Waals surface area contributed by atoms with E-state index in [1.165, 1.54) is 5.56 Å². The van der Waals surface area contributed by atoms with Crippen LogP contribution in [0.1, 0.15) is 30.5 Å². The van der Waals surface area contributed by atoms with Gasteiger partial charge in [0, 0.05) is 13.0 Å². The standard InChI is InChI=1S/C17H22N4O2/c22-17-8-4-5-9-21-11-16(19-20-21)13-23-12-15(18-17)10-14-6-2-1-3-7-14/h1-3,6-7,11,15H,4-5,8-10,12-13H2,(H,18,22)/t15-/m0/s1. The van der Waals surface area contributed by atoms with Crippen LogP contribution in [0.5, 0.6) is 0 Å². The minimum Gasteiger partial charge on any atom is -0.373 e. The number of nitrogens with zero attached hydrogens (tertiary/aromatic N) is 3. The maximum Gasteiger partial charge on any atom is 0.220 e. The predicted molar refractivity (Wildman–Crippen MR) is 85.6 cm³/mol. The van der Waals surface area contributed by atoms with Crippen LogP contribution in [0.25, 0.3) is 0 Å². The molecular weight excluding hydrogens is 292 g/mol. The minimum absolute atomic E-state index is 0.0271. The zero-order valence-electron chi connectivity index (χ0n) is 13.1. The number of carbonyl (C=O) groups is 1. The van der Waals surface area contributed by atoms with E-state index in [9.17, 15) is 4.79 Å². The largest absolute Gasteiger partial charge is 0.373 e. The molecule has 0 aliphatic carbocycles. The Labute approximate surface area is 135 Å². The van der Waals surface area contributed by atoms with Gasteiger partial charge in [-0.3, -0.25) is 9.48 Å². The molecule has 0 radical (unpaired) electrons. The lowest BCUT2D eigenvalue weighted by Gasteiger charge is -2.19. The summed E-state index contributed by atoms with van der Waals surface area (Å²) in [5, 5.41) is 11.3. The predicted octanol–water partition coefficient (Wildman–Crippen LogP) is 1.71. The average Bonchev–Trinajstić information content (AvgIpc) is 3.00. The number of nitrogens with one attached hydrogen (secondary N) is 1. The van der Waals surface area contributed by atoms with E-state index in [1.54, 1.807) is 0 Å². The Bertz CT molecular complexity index is 627. The van der Waals surface area contributed by atoms with Gasteiger partial charge < -0.3 is 10.1 Å². The normalized spacial score (nSPS) is 20.0. The van der Waals surface area contributed by atoms with E-state index in [4.69, 9.17) is 4.74 Å². The van der Waals surface area contributed by atoms with Crippen LogP contribution in [0.2, 0.25) is 0 Å². The second-order valence-electron chi connectivity index (χ2n) is 5.90. The lowest BCUT2D eigenvalue weighted by Crippen LogP contribution is -2.39. The first-order valence-electron chi connectivity index (χ1n) is 8.09. The topological polar surface area (TPSA) is 69.0 Å². The summed E-state index contributed by atoms with van der Waals surface area (Å²) in [7, 11) is 0. The van der Waals surface area contributed by atoms with E-state index in [2.05, 4.69) is 27.8 Å². The van der Waals surface area contributed by atoms with Crippen LogP contribution >= 0.6 is 0 Å². The Morgan fingerprint density at radius 1 is 1.26 bits per heavy atom. The first-order valence-corrected chi connectivity index (χ1v) is 8.09. The molecule has 6 heteroatoms. The summed E-state index contributed by atoms with van der Waals surface area (Å²) in [4.78, 5) is 12.1. The second kappa shape index (κ2) is 7.87. The first-order chi connectivity index (χ1) is 11.3. The van der Waals surface area contributed by atoms with Crippen molar-refractivity contribution in [2.75, 3.05) is 6.61 Å². The van der Waals surface area contributed by atoms with Crippen molar-refractivity contribution >= 4 is 5.91 Å². The summed E-state index contributed by atoms with van der Waals surface area (Å²) in [6.07, 6.45) is 4.98. The molecule has 23 heavy (non-hydrogen) atoms. The fourth-order valence-electron chi connectivity index (χ4n) is 2.73. The highest BCUT2D eigenvalue weighted by atomic mass is 16.5. The van der Waals surface area contributed by atoms with Gasteiger partial charge in [0.15, 0.2) is 0 Å². The molecular formula is C17H22N4O2. The van der Waals surface area contributed by atoms with Crippen LogP contribution in [0.15, 0.2) is 36.5 Å². The molecule has 0 saturated heterocycles. The number of amides is 1. The molecule has 1 aromatic carbocycles. The Morgan fingerprint density at radius 2 is 2.13 bits per heavy atom. The Hall–Kier alpha value is -2.21. The summed E-state index contributed by atoms with van der Waals surface area (Å²) in [5.74, 6) is 0.0900. The van der Waals surface area contributed by atoms with Crippen LogP contribution in [-0.4, -0.2) is 33.5 Å². The lowest BCUT2D eigenvalue weighted by molar-refractivity contribution is -0.122. The molecule has 1 aliphatic heterocycles. The fraction of sp³-hybridized carbons (Fsp3) is 0.471. The SMILES string of the molecule is O=C1CCCCn2cc(nn2)COC[C@H](Cc2ccccc2)N1. The van der Waals surface area contributed by atoms with Gasteiger partial charge in [-0.1, -0.05) is 35.5 Å². The highest BCUT2D eigenvalue weighted by Crippen LogP contribution is 2.07. The van der Waals surface area contributed by atoms with E-state index in [0.29, 0.717) is 19.6 Å². The molecule has 122 valence electrons. The summed E-state index contributed by atoms with van der Waals surface area (Å²) in [6.45, 7) is 1.67. The van der Waals surface area contributed by atoms with Crippen LogP contribution in [0, 0.1) is 0 Å².